The summed E-state index contributed by atoms with van der Waals surface area (Å²) in [6.45, 7) is 9.69. The van der Waals surface area contributed by atoms with Gasteiger partial charge in [0.25, 0.3) is 5.91 Å². The Morgan fingerprint density at radius 3 is 1.95 bits per heavy atom. The van der Waals surface area contributed by atoms with Crippen molar-refractivity contribution < 1.29 is 41.0 Å². The van der Waals surface area contributed by atoms with E-state index in [0.717, 1.165) is 19.6 Å². The second kappa shape index (κ2) is 14.7. The summed E-state index contributed by atoms with van der Waals surface area (Å²) in [7, 11) is 0. The largest absolute Gasteiger partial charge is 0.508 e. The Kier molecular flexibility index (Phi) is 12.6. The number of carbonyl (C=O) groups is 1. The Balaban J connectivity index is 0.00000323. The highest BCUT2D eigenvalue weighted by Gasteiger charge is 2.39. The molecule has 43 heavy (non-hydrogen) atoms. The minimum atomic E-state index is -5.05. The van der Waals surface area contributed by atoms with Crippen molar-refractivity contribution in [2.24, 2.45) is 0 Å². The molecular weight excluding hydrogens is 623 g/mol. The third-order valence-corrected chi connectivity index (χ3v) is 7.63. The Morgan fingerprint density at radius 1 is 0.860 bits per heavy atom. The van der Waals surface area contributed by atoms with E-state index in [2.05, 4.69) is 9.80 Å². The number of amides is 1. The van der Waals surface area contributed by atoms with Crippen LogP contribution in [-0.2, 0) is 23.5 Å². The summed E-state index contributed by atoms with van der Waals surface area (Å²) in [5, 5.41) is 10.2. The SMILES string of the molecule is Cc1ccc(CC2CN(CCN3CC(C)OC(C)C3)CCN2C(=O)c2cc(C(F)(F)F)cc(C(F)(F)F)c2)cc1O.Cl.Cl. The second-order valence-corrected chi connectivity index (χ2v) is 11.1. The number of phenolic OH excluding ortho intramolecular Hbond substituents is 1. The molecule has 3 atom stereocenters. The van der Waals surface area contributed by atoms with Crippen molar-refractivity contribution >= 4 is 30.7 Å². The van der Waals surface area contributed by atoms with Crippen LogP contribution in [0.1, 0.15) is 46.5 Å². The van der Waals surface area contributed by atoms with Crippen molar-refractivity contribution in [3.63, 3.8) is 0 Å². The predicted octanol–water partition coefficient (Wildman–Crippen LogP) is 6.06. The molecule has 2 aliphatic heterocycles. The molecule has 14 heteroatoms. The van der Waals surface area contributed by atoms with Crippen molar-refractivity contribution in [3.05, 3.63) is 64.2 Å². The number of alkyl halides is 6. The van der Waals surface area contributed by atoms with Gasteiger partial charge in [-0.1, -0.05) is 12.1 Å². The summed E-state index contributed by atoms with van der Waals surface area (Å²) in [6.07, 6.45) is -9.63. The lowest BCUT2D eigenvalue weighted by Crippen LogP contribution is -2.57. The molecule has 0 bridgehead atoms. The predicted molar refractivity (Wildman–Crippen MR) is 155 cm³/mol. The van der Waals surface area contributed by atoms with Gasteiger partial charge in [0.05, 0.1) is 23.3 Å². The molecule has 2 heterocycles. The number of ether oxygens (including phenoxy) is 1. The molecule has 2 aromatic carbocycles. The number of nitrogens with zero attached hydrogens (tertiary/aromatic N) is 3. The summed E-state index contributed by atoms with van der Waals surface area (Å²) in [6, 6.07) is 5.54. The van der Waals surface area contributed by atoms with Crippen LogP contribution >= 0.6 is 24.8 Å². The van der Waals surface area contributed by atoms with Gasteiger partial charge in [0.15, 0.2) is 0 Å². The number of piperazine rings is 1. The first-order valence-electron chi connectivity index (χ1n) is 13.6. The molecule has 4 rings (SSSR count). The highest BCUT2D eigenvalue weighted by atomic mass is 35.5. The van der Waals surface area contributed by atoms with Gasteiger partial charge >= 0.3 is 12.4 Å². The lowest BCUT2D eigenvalue weighted by atomic mass is 9.98. The smallest absolute Gasteiger partial charge is 0.416 e. The van der Waals surface area contributed by atoms with E-state index in [1.165, 1.54) is 4.90 Å². The molecule has 3 unspecified atom stereocenters. The molecule has 0 spiro atoms. The zero-order valence-corrected chi connectivity index (χ0v) is 25.7. The molecule has 2 saturated heterocycles. The molecule has 1 N–H and O–H groups in total. The van der Waals surface area contributed by atoms with Gasteiger partial charge in [-0.05, 0) is 62.6 Å². The topological polar surface area (TPSA) is 56.2 Å². The summed E-state index contributed by atoms with van der Waals surface area (Å²) < 4.78 is 86.7. The number of rotatable bonds is 6. The standard InChI is InChI=1S/C29H35F6N3O3.2ClH/c1-18-4-5-21(11-26(18)39)10-25-17-36(6-7-37-15-19(2)41-20(3)16-37)8-9-38(25)27(40)22-12-23(28(30,31)32)14-24(13-22)29(33,34)35;;/h4-5,11-14,19-20,25,39H,6-10,15-17H2,1-3H3;2*1H. The van der Waals surface area contributed by atoms with Gasteiger partial charge in [-0.3, -0.25) is 14.6 Å². The molecule has 0 aromatic heterocycles. The van der Waals surface area contributed by atoms with E-state index in [1.54, 1.807) is 25.1 Å². The van der Waals surface area contributed by atoms with Crippen molar-refractivity contribution in [1.29, 1.82) is 0 Å². The number of morpholine rings is 1. The van der Waals surface area contributed by atoms with Gasteiger partial charge < -0.3 is 14.7 Å². The quantitative estimate of drug-likeness (QED) is 0.382. The fourth-order valence-corrected chi connectivity index (χ4v) is 5.61. The second-order valence-electron chi connectivity index (χ2n) is 11.1. The lowest BCUT2D eigenvalue weighted by molar-refractivity contribution is -0.143. The number of phenols is 1. The Hall–Kier alpha value is -2.25. The number of aryl methyl sites for hydroxylation is 1. The Bertz CT molecular complexity index is 1200. The normalized spacial score (nSPS) is 22.1. The third-order valence-electron chi connectivity index (χ3n) is 7.63. The molecule has 0 saturated carbocycles. The maximum absolute atomic E-state index is 13.6. The fourth-order valence-electron chi connectivity index (χ4n) is 5.61. The van der Waals surface area contributed by atoms with Gasteiger partial charge in [-0.2, -0.15) is 26.3 Å². The van der Waals surface area contributed by atoms with Gasteiger partial charge in [0, 0.05) is 57.4 Å². The Morgan fingerprint density at radius 2 is 1.42 bits per heavy atom. The van der Waals surface area contributed by atoms with Crippen LogP contribution in [0.25, 0.3) is 0 Å². The molecule has 1 amide bonds. The van der Waals surface area contributed by atoms with E-state index in [1.807, 2.05) is 13.8 Å². The Labute approximate surface area is 259 Å². The van der Waals surface area contributed by atoms with E-state index < -0.39 is 41.0 Å². The first-order valence-corrected chi connectivity index (χ1v) is 13.6. The van der Waals surface area contributed by atoms with Crippen molar-refractivity contribution in [3.8, 4) is 5.75 Å². The van der Waals surface area contributed by atoms with Crippen molar-refractivity contribution in [2.45, 2.75) is 57.8 Å². The van der Waals surface area contributed by atoms with Crippen LogP contribution in [0.4, 0.5) is 26.3 Å². The van der Waals surface area contributed by atoms with Crippen molar-refractivity contribution in [1.82, 2.24) is 14.7 Å². The average molecular weight is 661 g/mol. The van der Waals surface area contributed by atoms with E-state index in [4.69, 9.17) is 4.74 Å². The van der Waals surface area contributed by atoms with Crippen LogP contribution in [0.3, 0.4) is 0 Å². The third kappa shape index (κ3) is 9.62. The summed E-state index contributed by atoms with van der Waals surface area (Å²) in [5.74, 6) is -0.824. The lowest BCUT2D eigenvalue weighted by Gasteiger charge is -2.43. The molecular formula is C29H37Cl2F6N3O3. The monoisotopic (exact) mass is 659 g/mol. The van der Waals surface area contributed by atoms with Crippen LogP contribution in [0.2, 0.25) is 0 Å². The molecule has 242 valence electrons. The van der Waals surface area contributed by atoms with Crippen LogP contribution < -0.4 is 0 Å². The number of carbonyl (C=O) groups excluding carboxylic acids is 1. The van der Waals surface area contributed by atoms with E-state index in [0.29, 0.717) is 42.9 Å². The van der Waals surface area contributed by atoms with E-state index in [9.17, 15) is 36.2 Å². The van der Waals surface area contributed by atoms with Crippen LogP contribution in [0.15, 0.2) is 36.4 Å². The maximum Gasteiger partial charge on any atom is 0.416 e. The van der Waals surface area contributed by atoms with Crippen LogP contribution in [-0.4, -0.2) is 89.8 Å². The highest BCUT2D eigenvalue weighted by Crippen LogP contribution is 2.37. The number of hydrogen-bond donors (Lipinski definition) is 1. The zero-order valence-electron chi connectivity index (χ0n) is 24.0. The minimum Gasteiger partial charge on any atom is -0.508 e. The fraction of sp³-hybridized carbons (Fsp3) is 0.552. The average Bonchev–Trinajstić information content (AvgIpc) is 2.87. The van der Waals surface area contributed by atoms with E-state index in [-0.39, 0.29) is 61.8 Å². The summed E-state index contributed by atoms with van der Waals surface area (Å²) in [4.78, 5) is 19.4. The summed E-state index contributed by atoms with van der Waals surface area (Å²) >= 11 is 0. The maximum atomic E-state index is 13.6. The van der Waals surface area contributed by atoms with Gasteiger partial charge in [0.2, 0.25) is 0 Å². The number of aromatic hydroxyl groups is 1. The first-order chi connectivity index (χ1) is 19.1. The van der Waals surface area contributed by atoms with Gasteiger partial charge in [-0.15, -0.1) is 24.8 Å². The molecule has 2 fully saturated rings. The summed E-state index contributed by atoms with van der Waals surface area (Å²) in [5.41, 5.74) is -2.35. The molecule has 2 aliphatic rings. The molecule has 0 aliphatic carbocycles. The molecule has 0 radical (unpaired) electrons. The van der Waals surface area contributed by atoms with Crippen molar-refractivity contribution in [2.75, 3.05) is 45.8 Å². The number of hydrogen-bond acceptors (Lipinski definition) is 5. The minimum absolute atomic E-state index is 0. The highest BCUT2D eigenvalue weighted by molar-refractivity contribution is 5.95. The number of benzene rings is 2. The van der Waals surface area contributed by atoms with Crippen LogP contribution in [0.5, 0.6) is 5.75 Å². The molecule has 2 aromatic rings. The van der Waals surface area contributed by atoms with Gasteiger partial charge in [0.1, 0.15) is 5.75 Å². The van der Waals surface area contributed by atoms with Gasteiger partial charge in [-0.25, -0.2) is 0 Å². The number of halogens is 8. The zero-order chi connectivity index (χ0) is 30.1. The first kappa shape index (κ1) is 36.9. The van der Waals surface area contributed by atoms with E-state index >= 15 is 0 Å². The molecule has 6 nitrogen and oxygen atoms in total. The van der Waals surface area contributed by atoms with Crippen LogP contribution in [0, 0.1) is 6.92 Å².